The van der Waals surface area contributed by atoms with Gasteiger partial charge in [-0.1, -0.05) is 72.8 Å². The lowest BCUT2D eigenvalue weighted by Crippen LogP contribution is -2.05. The molecule has 5 heteroatoms. The van der Waals surface area contributed by atoms with Crippen molar-refractivity contribution in [2.24, 2.45) is 4.99 Å². The minimum Gasteiger partial charge on any atom is -0.488 e. The number of rotatable bonds is 6. The van der Waals surface area contributed by atoms with Crippen LogP contribution in [-0.2, 0) is 16.1 Å². The average Bonchev–Trinajstić information content (AvgIpc) is 3.25. The summed E-state index contributed by atoms with van der Waals surface area (Å²) < 4.78 is 12.7. The highest BCUT2D eigenvalue weighted by atomic mass is 127. The molecule has 0 aromatic heterocycles. The van der Waals surface area contributed by atoms with E-state index >= 15 is 0 Å². The van der Waals surface area contributed by atoms with E-state index in [0.29, 0.717) is 18.3 Å². The molecule has 0 saturated heterocycles. The second-order valence-corrected chi connectivity index (χ2v) is 8.98. The number of nitrogens with zero attached hydrogens (tertiary/aromatic N) is 1. The Morgan fingerprint density at radius 2 is 1.41 bits per heavy atom. The largest absolute Gasteiger partial charge is 0.488 e. The maximum absolute atomic E-state index is 12.5. The highest BCUT2D eigenvalue weighted by Crippen LogP contribution is 2.26. The van der Waals surface area contributed by atoms with Gasteiger partial charge in [-0.05, 0) is 75.7 Å². The van der Waals surface area contributed by atoms with Crippen LogP contribution in [0.3, 0.4) is 0 Å². The molecular weight excluding hydrogens is 537 g/mol. The number of hydrogen-bond acceptors (Lipinski definition) is 4. The third-order valence-corrected chi connectivity index (χ3v) is 6.10. The minimum absolute atomic E-state index is 0.243. The van der Waals surface area contributed by atoms with E-state index in [-0.39, 0.29) is 5.70 Å². The molecular formula is C29H20INO3. The highest BCUT2D eigenvalue weighted by Gasteiger charge is 2.24. The highest BCUT2D eigenvalue weighted by molar-refractivity contribution is 14.1. The van der Waals surface area contributed by atoms with Crippen molar-refractivity contribution >= 4 is 40.5 Å². The maximum Gasteiger partial charge on any atom is 0.363 e. The van der Waals surface area contributed by atoms with Crippen molar-refractivity contribution in [1.82, 2.24) is 0 Å². The van der Waals surface area contributed by atoms with Gasteiger partial charge >= 0.3 is 5.97 Å². The summed E-state index contributed by atoms with van der Waals surface area (Å²) in [6, 6.07) is 33.7. The molecule has 0 aliphatic carbocycles. The molecule has 0 amide bonds. The van der Waals surface area contributed by atoms with E-state index in [0.717, 1.165) is 27.8 Å². The fraction of sp³-hybridized carbons (Fsp3) is 0.0345. The first-order valence-corrected chi connectivity index (χ1v) is 11.9. The van der Waals surface area contributed by atoms with Gasteiger partial charge in [0.1, 0.15) is 12.4 Å². The first-order chi connectivity index (χ1) is 16.7. The number of benzene rings is 4. The Morgan fingerprint density at radius 3 is 2.18 bits per heavy atom. The van der Waals surface area contributed by atoms with Crippen LogP contribution in [0.1, 0.15) is 16.7 Å². The molecule has 5 rings (SSSR count). The van der Waals surface area contributed by atoms with Crippen LogP contribution in [0.5, 0.6) is 5.75 Å². The molecule has 4 nitrogen and oxygen atoms in total. The van der Waals surface area contributed by atoms with Gasteiger partial charge in [-0.15, -0.1) is 0 Å². The molecule has 0 spiro atoms. The van der Waals surface area contributed by atoms with Gasteiger partial charge < -0.3 is 9.47 Å². The maximum atomic E-state index is 12.5. The van der Waals surface area contributed by atoms with Gasteiger partial charge in [0, 0.05) is 14.7 Å². The predicted octanol–water partition coefficient (Wildman–Crippen LogP) is 6.88. The molecule has 0 saturated carbocycles. The Morgan fingerprint density at radius 1 is 0.765 bits per heavy atom. The number of carbonyl (C=O) groups is 1. The molecule has 1 aliphatic rings. The summed E-state index contributed by atoms with van der Waals surface area (Å²) in [6.45, 7) is 0.434. The number of cyclic esters (lactones) is 1. The van der Waals surface area contributed by atoms with Crippen LogP contribution in [0.15, 0.2) is 114 Å². The van der Waals surface area contributed by atoms with Crippen molar-refractivity contribution < 1.29 is 14.3 Å². The molecule has 0 bridgehead atoms. The first-order valence-electron chi connectivity index (χ1n) is 10.8. The quantitative estimate of drug-likeness (QED) is 0.148. The minimum atomic E-state index is -0.477. The Hall–Kier alpha value is -3.71. The van der Waals surface area contributed by atoms with Crippen LogP contribution in [-0.4, -0.2) is 11.9 Å². The van der Waals surface area contributed by atoms with E-state index in [4.69, 9.17) is 9.47 Å². The van der Waals surface area contributed by atoms with Crippen LogP contribution >= 0.6 is 22.6 Å². The van der Waals surface area contributed by atoms with Gasteiger partial charge in [0.15, 0.2) is 5.70 Å². The molecule has 0 atom stereocenters. The summed E-state index contributed by atoms with van der Waals surface area (Å²) in [4.78, 5) is 17.0. The smallest absolute Gasteiger partial charge is 0.363 e. The summed E-state index contributed by atoms with van der Waals surface area (Å²) in [5, 5.41) is 0. The zero-order chi connectivity index (χ0) is 23.3. The van der Waals surface area contributed by atoms with E-state index in [1.807, 2.05) is 91.0 Å². The molecule has 4 aromatic rings. The molecule has 0 unspecified atom stereocenters. The SMILES string of the molecule is O=C1OC(c2ccc(-c3ccccc3)cc2)=N/C1=C\c1ccccc1OCc1ccc(I)cc1. The first kappa shape index (κ1) is 22.1. The third-order valence-electron chi connectivity index (χ3n) is 5.38. The fourth-order valence-corrected chi connectivity index (χ4v) is 3.95. The predicted molar refractivity (Wildman–Crippen MR) is 142 cm³/mol. The second kappa shape index (κ2) is 10.1. The normalized spacial score (nSPS) is 14.1. The van der Waals surface area contributed by atoms with Gasteiger partial charge in [-0.2, -0.15) is 0 Å². The molecule has 0 fully saturated rings. The Balaban J connectivity index is 1.35. The lowest BCUT2D eigenvalue weighted by Gasteiger charge is -2.09. The third kappa shape index (κ3) is 5.10. The van der Waals surface area contributed by atoms with E-state index in [9.17, 15) is 4.79 Å². The van der Waals surface area contributed by atoms with Crippen molar-refractivity contribution in [3.8, 4) is 16.9 Å². The fourth-order valence-electron chi connectivity index (χ4n) is 3.59. The van der Waals surface area contributed by atoms with Crippen molar-refractivity contribution in [2.45, 2.75) is 6.61 Å². The van der Waals surface area contributed by atoms with E-state index < -0.39 is 5.97 Å². The summed E-state index contributed by atoms with van der Waals surface area (Å²) in [5.74, 6) is 0.500. The van der Waals surface area contributed by atoms with Crippen LogP contribution in [0.2, 0.25) is 0 Å². The molecule has 1 aliphatic heterocycles. The molecule has 4 aromatic carbocycles. The second-order valence-electron chi connectivity index (χ2n) is 7.73. The topological polar surface area (TPSA) is 47.9 Å². The van der Waals surface area contributed by atoms with Crippen molar-refractivity contribution in [1.29, 1.82) is 0 Å². The van der Waals surface area contributed by atoms with E-state index in [1.54, 1.807) is 6.08 Å². The number of carbonyl (C=O) groups excluding carboxylic acids is 1. The molecule has 1 heterocycles. The summed E-state index contributed by atoms with van der Waals surface area (Å²) in [6.07, 6.45) is 1.71. The summed E-state index contributed by atoms with van der Waals surface area (Å²) in [5.41, 5.74) is 5.05. The number of halogens is 1. The lowest BCUT2D eigenvalue weighted by molar-refractivity contribution is -0.129. The van der Waals surface area contributed by atoms with Crippen LogP contribution in [0, 0.1) is 3.57 Å². The van der Waals surface area contributed by atoms with E-state index in [2.05, 4.69) is 39.7 Å². The summed E-state index contributed by atoms with van der Waals surface area (Å²) in [7, 11) is 0. The van der Waals surface area contributed by atoms with Crippen molar-refractivity contribution in [3.05, 3.63) is 129 Å². The van der Waals surface area contributed by atoms with Crippen molar-refractivity contribution in [3.63, 3.8) is 0 Å². The van der Waals surface area contributed by atoms with Gasteiger partial charge in [0.05, 0.1) is 0 Å². The van der Waals surface area contributed by atoms with Crippen molar-refractivity contribution in [2.75, 3.05) is 0 Å². The monoisotopic (exact) mass is 557 g/mol. The van der Waals surface area contributed by atoms with Gasteiger partial charge in [0.2, 0.25) is 5.90 Å². The summed E-state index contributed by atoms with van der Waals surface area (Å²) >= 11 is 2.28. The average molecular weight is 557 g/mol. The molecule has 166 valence electrons. The lowest BCUT2D eigenvalue weighted by atomic mass is 10.0. The number of aliphatic imine (C=N–C) groups is 1. The Bertz CT molecular complexity index is 1380. The Kier molecular flexibility index (Phi) is 6.53. The van der Waals surface area contributed by atoms with Gasteiger partial charge in [-0.25, -0.2) is 9.79 Å². The van der Waals surface area contributed by atoms with Crippen LogP contribution < -0.4 is 4.74 Å². The number of esters is 1. The zero-order valence-corrected chi connectivity index (χ0v) is 20.3. The number of para-hydroxylation sites is 1. The number of ether oxygens (including phenoxy) is 2. The molecule has 34 heavy (non-hydrogen) atoms. The standard InChI is InChI=1S/C29H20INO3/c30-25-16-10-20(11-17-25)19-33-27-9-5-4-8-24(27)18-26-29(32)34-28(31-26)23-14-12-22(13-15-23)21-6-2-1-3-7-21/h1-18H,19H2/b26-18-. The Labute approximate surface area is 211 Å². The number of hydrogen-bond donors (Lipinski definition) is 0. The zero-order valence-electron chi connectivity index (χ0n) is 18.1. The van der Waals surface area contributed by atoms with Crippen LogP contribution in [0.4, 0.5) is 0 Å². The van der Waals surface area contributed by atoms with E-state index in [1.165, 1.54) is 3.57 Å². The van der Waals surface area contributed by atoms with Gasteiger partial charge in [-0.3, -0.25) is 0 Å². The molecule has 0 radical (unpaired) electrons. The molecule has 0 N–H and O–H groups in total. The van der Waals surface area contributed by atoms with Crippen LogP contribution in [0.25, 0.3) is 17.2 Å². The van der Waals surface area contributed by atoms with Gasteiger partial charge in [0.25, 0.3) is 0 Å².